The molecule has 0 aliphatic heterocycles. The van der Waals surface area contributed by atoms with Crippen LogP contribution in [-0.2, 0) is 32.7 Å². The normalized spacial score (nSPS) is 14.8. The zero-order valence-corrected chi connectivity index (χ0v) is 35.6. The van der Waals surface area contributed by atoms with Gasteiger partial charge in [-0.1, -0.05) is 137 Å². The first-order chi connectivity index (χ1) is 27.2. The van der Waals surface area contributed by atoms with Crippen molar-refractivity contribution in [3.63, 3.8) is 0 Å². The molecule has 0 radical (unpaired) electrons. The lowest BCUT2D eigenvalue weighted by Crippen LogP contribution is -2.34. The molecule has 0 saturated heterocycles. The fourth-order valence-electron chi connectivity index (χ4n) is 5.13. The second-order valence-corrected chi connectivity index (χ2v) is 15.2. The number of ether oxygens (including phenoxy) is 2. The number of hydrogen-bond donors (Lipinski definition) is 3. The molecule has 3 atom stereocenters. The molecule has 10 nitrogen and oxygen atoms in total. The first kappa shape index (κ1) is 53.1. The van der Waals surface area contributed by atoms with E-state index in [1.807, 2.05) is 0 Å². The number of carboxylic acid groups (broad SMARTS) is 1. The second-order valence-electron chi connectivity index (χ2n) is 13.7. The van der Waals surface area contributed by atoms with E-state index in [4.69, 9.17) is 29.4 Å². The predicted octanol–water partition coefficient (Wildman–Crippen LogP) is 11.6. The van der Waals surface area contributed by atoms with Gasteiger partial charge in [-0.05, 0) is 89.9 Å². The summed E-state index contributed by atoms with van der Waals surface area (Å²) in [4.78, 5) is 33.5. The van der Waals surface area contributed by atoms with Gasteiger partial charge in [-0.2, -0.15) is 0 Å². The summed E-state index contributed by atoms with van der Waals surface area (Å²) in [5, 5.41) is 8.89. The van der Waals surface area contributed by atoms with Crippen LogP contribution in [0.15, 0.2) is 85.1 Å². The van der Waals surface area contributed by atoms with Gasteiger partial charge in [0.1, 0.15) is 12.1 Å². The largest absolute Gasteiger partial charge is 0.480 e. The van der Waals surface area contributed by atoms with Crippen molar-refractivity contribution in [2.75, 3.05) is 26.4 Å². The summed E-state index contributed by atoms with van der Waals surface area (Å²) >= 11 is 0. The van der Waals surface area contributed by atoms with Gasteiger partial charge >= 0.3 is 19.8 Å². The summed E-state index contributed by atoms with van der Waals surface area (Å²) in [7, 11) is -4.63. The Balaban J connectivity index is 4.37. The standard InChI is InChI=1S/C45H76NO9P/c1-3-5-7-9-11-13-15-17-18-19-20-21-22-23-24-25-27-29-31-33-35-37-44(47)55-42(40-53-56(50,51)54-41-43(46)45(48)49)39-52-38-36-34-32-30-28-26-16-14-12-10-8-6-4-2/h5,7,11-14,17-18,20-21,23-24,27,29,42-43H,3-4,6,8-10,15-16,19,22,25-26,28,30-41,46H2,1-2H3,(H,48,49)(H,50,51)/b7-5-,13-11-,14-12-,18-17-,21-20-,24-23-,29-27-. The fourth-order valence-corrected chi connectivity index (χ4v) is 5.91. The molecule has 0 aromatic rings. The highest BCUT2D eigenvalue weighted by Gasteiger charge is 2.27. The maximum absolute atomic E-state index is 12.6. The van der Waals surface area contributed by atoms with Gasteiger partial charge in [-0.15, -0.1) is 0 Å². The van der Waals surface area contributed by atoms with Crippen molar-refractivity contribution in [3.05, 3.63) is 85.1 Å². The van der Waals surface area contributed by atoms with Crippen molar-refractivity contribution in [3.8, 4) is 0 Å². The molecule has 0 aromatic heterocycles. The van der Waals surface area contributed by atoms with Gasteiger partial charge in [-0.3, -0.25) is 18.6 Å². The summed E-state index contributed by atoms with van der Waals surface area (Å²) in [6.07, 6.45) is 50.6. The Morgan fingerprint density at radius 1 is 0.589 bits per heavy atom. The molecule has 3 unspecified atom stereocenters. The number of phosphoric ester groups is 1. The summed E-state index contributed by atoms with van der Waals surface area (Å²) < 4.78 is 33.2. The lowest BCUT2D eigenvalue weighted by Gasteiger charge is -2.20. The molecule has 0 aromatic carbocycles. The molecule has 0 bridgehead atoms. The van der Waals surface area contributed by atoms with Gasteiger partial charge in [0, 0.05) is 13.0 Å². The summed E-state index contributed by atoms with van der Waals surface area (Å²) in [5.41, 5.74) is 5.34. The Kier molecular flexibility index (Phi) is 38.3. The Morgan fingerprint density at radius 2 is 1.04 bits per heavy atom. The van der Waals surface area contributed by atoms with Gasteiger partial charge in [0.15, 0.2) is 0 Å². The van der Waals surface area contributed by atoms with Crippen LogP contribution in [0.5, 0.6) is 0 Å². The third-order valence-corrected chi connectivity index (χ3v) is 9.36. The maximum atomic E-state index is 12.6. The van der Waals surface area contributed by atoms with Gasteiger partial charge in [0.2, 0.25) is 0 Å². The Labute approximate surface area is 339 Å². The van der Waals surface area contributed by atoms with Crippen molar-refractivity contribution in [2.24, 2.45) is 5.73 Å². The fraction of sp³-hybridized carbons (Fsp3) is 0.644. The number of allylic oxidation sites excluding steroid dienone is 14. The van der Waals surface area contributed by atoms with Gasteiger partial charge in [0.25, 0.3) is 0 Å². The van der Waals surface area contributed by atoms with E-state index in [1.54, 1.807) is 0 Å². The molecule has 4 N–H and O–H groups in total. The molecule has 0 aliphatic carbocycles. The average Bonchev–Trinajstić information content (AvgIpc) is 3.18. The Morgan fingerprint density at radius 3 is 1.57 bits per heavy atom. The number of carbonyl (C=O) groups is 2. The molecule has 0 heterocycles. The van der Waals surface area contributed by atoms with Gasteiger partial charge in [0.05, 0.1) is 19.8 Å². The van der Waals surface area contributed by atoms with Crippen molar-refractivity contribution in [2.45, 2.75) is 161 Å². The van der Waals surface area contributed by atoms with Crippen LogP contribution in [0, 0.1) is 0 Å². The van der Waals surface area contributed by atoms with Crippen LogP contribution in [0.2, 0.25) is 0 Å². The SMILES string of the molecule is CC/C=C\C/C=C\C/C=C\C/C=C\C/C=C\C/C=C\CCCCC(=O)OC(COCCCCCCCC/C=C\CCCCC)COP(=O)(O)OCC(N)C(=O)O. The number of phosphoric acid groups is 1. The monoisotopic (exact) mass is 806 g/mol. The zero-order valence-electron chi connectivity index (χ0n) is 34.7. The third kappa shape index (κ3) is 39.4. The minimum atomic E-state index is -4.63. The highest BCUT2D eigenvalue weighted by Crippen LogP contribution is 2.43. The smallest absolute Gasteiger partial charge is 0.472 e. The van der Waals surface area contributed by atoms with Crippen LogP contribution in [0.4, 0.5) is 0 Å². The number of carbonyl (C=O) groups excluding carboxylic acids is 1. The molecule has 56 heavy (non-hydrogen) atoms. The van der Waals surface area contributed by atoms with Crippen LogP contribution >= 0.6 is 7.82 Å². The van der Waals surface area contributed by atoms with Crippen LogP contribution in [0.25, 0.3) is 0 Å². The second kappa shape index (κ2) is 40.4. The first-order valence-electron chi connectivity index (χ1n) is 21.1. The van der Waals surface area contributed by atoms with E-state index in [9.17, 15) is 19.0 Å². The van der Waals surface area contributed by atoms with Crippen molar-refractivity contribution in [1.29, 1.82) is 0 Å². The van der Waals surface area contributed by atoms with Gasteiger partial charge < -0.3 is 25.2 Å². The van der Waals surface area contributed by atoms with E-state index in [0.717, 1.165) is 77.0 Å². The van der Waals surface area contributed by atoms with Crippen LogP contribution in [0.3, 0.4) is 0 Å². The average molecular weight is 806 g/mol. The number of carboxylic acids is 1. The van der Waals surface area contributed by atoms with Crippen molar-refractivity contribution < 1.29 is 42.7 Å². The number of hydrogen-bond acceptors (Lipinski definition) is 8. The van der Waals surface area contributed by atoms with E-state index in [1.165, 1.54) is 44.9 Å². The topological polar surface area (TPSA) is 155 Å². The molecule has 320 valence electrons. The number of esters is 1. The quantitative estimate of drug-likeness (QED) is 0.0237. The molecule has 0 rings (SSSR count). The Hall–Kier alpha value is -2.85. The molecular formula is C45H76NO9P. The predicted molar refractivity (Wildman–Crippen MR) is 230 cm³/mol. The highest BCUT2D eigenvalue weighted by atomic mass is 31.2. The van der Waals surface area contributed by atoms with E-state index in [2.05, 4.69) is 98.9 Å². The number of aliphatic carboxylic acids is 1. The third-order valence-electron chi connectivity index (χ3n) is 8.41. The van der Waals surface area contributed by atoms with E-state index in [-0.39, 0.29) is 13.0 Å². The van der Waals surface area contributed by atoms with E-state index < -0.39 is 45.1 Å². The van der Waals surface area contributed by atoms with Crippen LogP contribution in [0.1, 0.15) is 149 Å². The maximum Gasteiger partial charge on any atom is 0.472 e. The lowest BCUT2D eigenvalue weighted by atomic mass is 10.1. The number of rotatable bonds is 39. The molecule has 0 spiro atoms. The first-order valence-corrected chi connectivity index (χ1v) is 22.6. The number of nitrogens with two attached hydrogens (primary N) is 1. The summed E-state index contributed by atoms with van der Waals surface area (Å²) in [6.45, 7) is 3.65. The molecule has 11 heteroatoms. The van der Waals surface area contributed by atoms with Crippen molar-refractivity contribution >= 4 is 19.8 Å². The van der Waals surface area contributed by atoms with Crippen LogP contribution in [-0.4, -0.2) is 60.5 Å². The Bertz CT molecular complexity index is 1210. The molecule has 0 amide bonds. The minimum Gasteiger partial charge on any atom is -0.480 e. The molecule has 0 aliphatic rings. The number of unbranched alkanes of at least 4 members (excludes halogenated alkanes) is 11. The zero-order chi connectivity index (χ0) is 41.2. The molecule has 0 fully saturated rings. The highest BCUT2D eigenvalue weighted by molar-refractivity contribution is 7.47. The van der Waals surface area contributed by atoms with Crippen LogP contribution < -0.4 is 5.73 Å². The molecular weight excluding hydrogens is 729 g/mol. The minimum absolute atomic E-state index is 0.0104. The molecule has 0 saturated carbocycles. The lowest BCUT2D eigenvalue weighted by molar-refractivity contribution is -0.154. The van der Waals surface area contributed by atoms with E-state index in [0.29, 0.717) is 13.0 Å². The summed E-state index contributed by atoms with van der Waals surface area (Å²) in [6, 6.07) is -1.49. The summed E-state index contributed by atoms with van der Waals surface area (Å²) in [5.74, 6) is -1.83. The van der Waals surface area contributed by atoms with Gasteiger partial charge in [-0.25, -0.2) is 4.57 Å². The van der Waals surface area contributed by atoms with E-state index >= 15 is 0 Å². The van der Waals surface area contributed by atoms with Crippen molar-refractivity contribution in [1.82, 2.24) is 0 Å².